The molecule has 0 fully saturated rings. The summed E-state index contributed by atoms with van der Waals surface area (Å²) in [5.41, 5.74) is -6.67. The zero-order valence-corrected chi connectivity index (χ0v) is 9.08. The predicted octanol–water partition coefficient (Wildman–Crippen LogP) is 2.74. The molecule has 14 heteroatoms. The van der Waals surface area contributed by atoms with E-state index in [4.69, 9.17) is 10.2 Å². The van der Waals surface area contributed by atoms with E-state index in [0.717, 1.165) is 0 Å². The number of halogens is 12. The molecule has 0 aromatic carbocycles. The second-order valence-electron chi connectivity index (χ2n) is 3.74. The molecule has 0 radical (unpaired) electrons. The highest BCUT2D eigenvalue weighted by Gasteiger charge is 2.80. The van der Waals surface area contributed by atoms with Crippen molar-refractivity contribution >= 4 is 0 Å². The lowest BCUT2D eigenvalue weighted by Gasteiger charge is -2.39. The van der Waals surface area contributed by atoms with Gasteiger partial charge in [-0.1, -0.05) is 0 Å². The molecule has 0 aromatic heterocycles. The molecule has 0 amide bonds. The molecule has 0 aliphatic carbocycles. The Kier molecular flexibility index (Phi) is 4.85. The maximum atomic E-state index is 12.8. The number of aliphatic hydroxyl groups excluding tert-OH is 1. The Hall–Kier alpha value is -0.920. The molecule has 2 nitrogen and oxygen atoms in total. The van der Waals surface area contributed by atoms with Crippen LogP contribution in [0, 0.1) is 0 Å². The van der Waals surface area contributed by atoms with Crippen molar-refractivity contribution in [2.24, 2.45) is 0 Å². The Labute approximate surface area is 107 Å². The second-order valence-corrected chi connectivity index (χ2v) is 3.74. The van der Waals surface area contributed by atoms with E-state index < -0.39 is 42.3 Å². The molecule has 2 atom stereocenters. The largest absolute Gasteiger partial charge is 0.429 e. The van der Waals surface area contributed by atoms with Crippen molar-refractivity contribution in [1.82, 2.24) is 0 Å². The summed E-state index contributed by atoms with van der Waals surface area (Å²) >= 11 is 0. The van der Waals surface area contributed by atoms with Crippen LogP contribution in [0.5, 0.6) is 0 Å². The average Bonchev–Trinajstić information content (AvgIpc) is 2.21. The maximum absolute atomic E-state index is 12.8. The van der Waals surface area contributed by atoms with Crippen molar-refractivity contribution in [2.75, 3.05) is 0 Å². The van der Waals surface area contributed by atoms with Gasteiger partial charge in [0.05, 0.1) is 0 Å². The van der Waals surface area contributed by atoms with Gasteiger partial charge in [-0.25, -0.2) is 4.39 Å². The van der Waals surface area contributed by atoms with Crippen molar-refractivity contribution < 1.29 is 62.9 Å². The first-order valence-electron chi connectivity index (χ1n) is 4.43. The average molecular weight is 348 g/mol. The van der Waals surface area contributed by atoms with E-state index in [9.17, 15) is 52.7 Å². The fourth-order valence-electron chi connectivity index (χ4n) is 1.11. The van der Waals surface area contributed by atoms with Crippen molar-refractivity contribution in [3.63, 3.8) is 0 Å². The molecule has 0 rings (SSSR count). The topological polar surface area (TPSA) is 40.5 Å². The van der Waals surface area contributed by atoms with Crippen LogP contribution in [0.1, 0.15) is 0 Å². The third-order valence-electron chi connectivity index (χ3n) is 2.25. The Bertz CT molecular complexity index is 351. The summed E-state index contributed by atoms with van der Waals surface area (Å²) in [6.07, 6.45) is -31.8. The highest BCUT2D eigenvalue weighted by Crippen LogP contribution is 2.51. The van der Waals surface area contributed by atoms with E-state index in [0.29, 0.717) is 0 Å². The van der Waals surface area contributed by atoms with Gasteiger partial charge >= 0.3 is 24.5 Å². The first-order valence-corrected chi connectivity index (χ1v) is 4.43. The Morgan fingerprint density at radius 3 is 1.14 bits per heavy atom. The van der Waals surface area contributed by atoms with Crippen LogP contribution in [0.25, 0.3) is 0 Å². The van der Waals surface area contributed by atoms with Crippen LogP contribution in [-0.2, 0) is 0 Å². The van der Waals surface area contributed by atoms with Crippen LogP contribution in [0.15, 0.2) is 0 Å². The van der Waals surface area contributed by atoms with Crippen molar-refractivity contribution in [2.45, 2.75) is 42.3 Å². The van der Waals surface area contributed by atoms with Gasteiger partial charge in [-0.2, -0.15) is 48.3 Å². The summed E-state index contributed by atoms with van der Waals surface area (Å²) in [7, 11) is 0. The zero-order chi connectivity index (χ0) is 17.7. The Balaban J connectivity index is 6.00. The minimum atomic E-state index is -7.06. The third kappa shape index (κ3) is 3.30. The van der Waals surface area contributed by atoms with Gasteiger partial charge in [-0.3, -0.25) is 0 Å². The number of hydrogen-bond acceptors (Lipinski definition) is 2. The highest BCUT2D eigenvalue weighted by atomic mass is 19.4. The summed E-state index contributed by atoms with van der Waals surface area (Å²) in [4.78, 5) is 0. The minimum absolute atomic E-state index is 5.48. The molecule has 128 valence electrons. The maximum Gasteiger partial charge on any atom is 0.429 e. The molecular weight excluding hydrogens is 344 g/mol. The van der Waals surface area contributed by atoms with Crippen LogP contribution >= 0.6 is 0 Å². The molecule has 0 bridgehead atoms. The molecule has 0 saturated carbocycles. The van der Waals surface area contributed by atoms with Crippen LogP contribution in [-0.4, -0.2) is 52.5 Å². The zero-order valence-electron chi connectivity index (χ0n) is 9.08. The van der Waals surface area contributed by atoms with Gasteiger partial charge in [0.1, 0.15) is 0 Å². The third-order valence-corrected chi connectivity index (χ3v) is 2.25. The molecule has 0 aliphatic rings. The number of alkyl halides is 12. The first-order chi connectivity index (χ1) is 8.81. The normalized spacial score (nSPS) is 18.6. The van der Waals surface area contributed by atoms with Crippen molar-refractivity contribution in [3.05, 3.63) is 0 Å². The summed E-state index contributed by atoms with van der Waals surface area (Å²) < 4.78 is 145. The lowest BCUT2D eigenvalue weighted by Crippen LogP contribution is -2.71. The van der Waals surface area contributed by atoms with Crippen LogP contribution in [0.4, 0.5) is 52.7 Å². The van der Waals surface area contributed by atoms with E-state index in [-0.39, 0.29) is 0 Å². The van der Waals surface area contributed by atoms with Gasteiger partial charge in [0.15, 0.2) is 6.10 Å². The van der Waals surface area contributed by atoms with Gasteiger partial charge in [-0.05, 0) is 0 Å². The summed E-state index contributed by atoms with van der Waals surface area (Å²) in [5, 5.41) is 16.6. The van der Waals surface area contributed by atoms with Gasteiger partial charge in [-0.15, -0.1) is 0 Å². The Morgan fingerprint density at radius 2 is 0.952 bits per heavy atom. The number of rotatable bonds is 3. The molecule has 0 saturated heterocycles. The molecule has 0 spiro atoms. The molecule has 2 N–H and O–H groups in total. The van der Waals surface area contributed by atoms with Crippen molar-refractivity contribution in [1.29, 1.82) is 0 Å². The van der Waals surface area contributed by atoms with Crippen LogP contribution in [0.3, 0.4) is 0 Å². The number of hydrogen-bond donors (Lipinski definition) is 2. The van der Waals surface area contributed by atoms with E-state index >= 15 is 0 Å². The van der Waals surface area contributed by atoms with E-state index in [2.05, 4.69) is 0 Å². The SMILES string of the molecule is OC(C(F)(F)C(F)C(F)(F)F)C(O)(C(F)(F)F)C(F)(F)F. The molecule has 2 unspecified atom stereocenters. The van der Waals surface area contributed by atoms with Crippen LogP contribution < -0.4 is 0 Å². The molecule has 0 aliphatic heterocycles. The quantitative estimate of drug-likeness (QED) is 0.770. The summed E-state index contributed by atoms with van der Waals surface area (Å²) in [6.45, 7) is 0. The van der Waals surface area contributed by atoms with Crippen molar-refractivity contribution in [3.8, 4) is 0 Å². The lowest BCUT2D eigenvalue weighted by molar-refractivity contribution is -0.416. The van der Waals surface area contributed by atoms with E-state index in [1.807, 2.05) is 0 Å². The number of aliphatic hydroxyl groups is 2. The monoisotopic (exact) mass is 348 g/mol. The smallest absolute Gasteiger partial charge is 0.383 e. The summed E-state index contributed by atoms with van der Waals surface area (Å²) in [5.74, 6) is -6.63. The second kappa shape index (κ2) is 5.07. The molecular formula is C7H4F12O2. The van der Waals surface area contributed by atoms with Gasteiger partial charge in [0.25, 0.3) is 11.8 Å². The standard InChI is InChI=1S/C7H4F12O2/c8-1(5(11,12)13)3(9,10)2(20)4(21,6(14,15)16)7(17,18)19/h1-2,20-21H. The molecule has 0 aromatic rings. The molecule has 0 heterocycles. The lowest BCUT2D eigenvalue weighted by atomic mass is 9.88. The Morgan fingerprint density at radius 1 is 0.667 bits per heavy atom. The van der Waals surface area contributed by atoms with Gasteiger partial charge in [0, 0.05) is 0 Å². The van der Waals surface area contributed by atoms with Gasteiger partial charge in [0.2, 0.25) is 0 Å². The summed E-state index contributed by atoms with van der Waals surface area (Å²) in [6, 6.07) is 0. The highest BCUT2D eigenvalue weighted by molar-refractivity contribution is 5.07. The first kappa shape index (κ1) is 20.1. The van der Waals surface area contributed by atoms with Gasteiger partial charge < -0.3 is 10.2 Å². The fraction of sp³-hybridized carbons (Fsp3) is 1.00. The fourth-order valence-corrected chi connectivity index (χ4v) is 1.11. The molecule has 21 heavy (non-hydrogen) atoms. The predicted molar refractivity (Wildman–Crippen MR) is 39.0 cm³/mol. The van der Waals surface area contributed by atoms with E-state index in [1.54, 1.807) is 0 Å². The minimum Gasteiger partial charge on any atom is -0.383 e. The van der Waals surface area contributed by atoms with E-state index in [1.165, 1.54) is 0 Å². The van der Waals surface area contributed by atoms with Crippen LogP contribution in [0.2, 0.25) is 0 Å².